The van der Waals surface area contributed by atoms with Gasteiger partial charge >= 0.3 is 0 Å². The van der Waals surface area contributed by atoms with Crippen LogP contribution in [0.15, 0.2) is 77.2 Å². The Hall–Kier alpha value is -3.64. The first-order chi connectivity index (χ1) is 14.5. The topological polar surface area (TPSA) is 75.4 Å². The normalized spacial score (nSPS) is 10.7. The van der Waals surface area contributed by atoms with Crippen molar-refractivity contribution in [2.24, 2.45) is 0 Å². The first kappa shape index (κ1) is 19.7. The molecular formula is C23H16ClFN2O3. The number of hydrogen-bond donors (Lipinski definition) is 2. The predicted molar refractivity (Wildman–Crippen MR) is 113 cm³/mol. The predicted octanol–water partition coefficient (Wildman–Crippen LogP) is 5.69. The minimum absolute atomic E-state index is 0.159. The molecule has 0 bridgehead atoms. The van der Waals surface area contributed by atoms with Gasteiger partial charge in [-0.2, -0.15) is 0 Å². The second-order valence-electron chi connectivity index (χ2n) is 6.57. The van der Waals surface area contributed by atoms with Crippen LogP contribution in [0.3, 0.4) is 0 Å². The summed E-state index contributed by atoms with van der Waals surface area (Å²) in [4.78, 5) is 17.1. The van der Waals surface area contributed by atoms with Gasteiger partial charge in [-0.05, 0) is 30.3 Å². The van der Waals surface area contributed by atoms with E-state index in [0.717, 1.165) is 11.6 Å². The molecule has 0 atom stereocenters. The van der Waals surface area contributed by atoms with Gasteiger partial charge in [0.15, 0.2) is 0 Å². The molecule has 0 saturated carbocycles. The van der Waals surface area contributed by atoms with Crippen LogP contribution in [0.4, 0.5) is 10.3 Å². The van der Waals surface area contributed by atoms with E-state index in [-0.39, 0.29) is 18.1 Å². The molecule has 0 saturated heterocycles. The summed E-state index contributed by atoms with van der Waals surface area (Å²) in [7, 11) is 0. The number of oxazole rings is 1. The van der Waals surface area contributed by atoms with Crippen molar-refractivity contribution < 1.29 is 18.7 Å². The van der Waals surface area contributed by atoms with E-state index in [4.69, 9.17) is 16.0 Å². The van der Waals surface area contributed by atoms with Crippen molar-refractivity contribution in [3.8, 4) is 28.5 Å². The molecule has 4 rings (SSSR count). The third-order valence-corrected chi connectivity index (χ3v) is 4.67. The van der Waals surface area contributed by atoms with Crippen molar-refractivity contribution in [2.45, 2.75) is 6.42 Å². The highest BCUT2D eigenvalue weighted by Crippen LogP contribution is 2.33. The molecule has 1 amide bonds. The smallest absolute Gasteiger partial charge is 0.231 e. The summed E-state index contributed by atoms with van der Waals surface area (Å²) >= 11 is 5.98. The molecule has 0 unspecified atom stereocenters. The molecule has 0 spiro atoms. The van der Waals surface area contributed by atoms with Gasteiger partial charge in [-0.25, -0.2) is 9.37 Å². The van der Waals surface area contributed by atoms with Gasteiger partial charge in [0.25, 0.3) is 0 Å². The van der Waals surface area contributed by atoms with Gasteiger partial charge in [-0.3, -0.25) is 10.1 Å². The number of aromatic nitrogens is 1. The third kappa shape index (κ3) is 4.34. The molecule has 0 aliphatic heterocycles. The molecular weight excluding hydrogens is 407 g/mol. The SMILES string of the molecule is O=C(Cc1ccc(F)cc1O)Nc1oc(-c2ccccc2)nc1-c1ccc(Cl)cc1. The Morgan fingerprint density at radius 3 is 2.47 bits per heavy atom. The highest BCUT2D eigenvalue weighted by molar-refractivity contribution is 6.30. The number of phenols is 1. The number of nitrogens with zero attached hydrogens (tertiary/aromatic N) is 1. The van der Waals surface area contributed by atoms with Gasteiger partial charge in [-0.1, -0.05) is 48.0 Å². The number of hydrogen-bond acceptors (Lipinski definition) is 4. The maximum Gasteiger partial charge on any atom is 0.231 e. The number of carbonyl (C=O) groups is 1. The number of carbonyl (C=O) groups excluding carboxylic acids is 1. The van der Waals surface area contributed by atoms with Crippen LogP contribution >= 0.6 is 11.6 Å². The minimum atomic E-state index is -0.579. The van der Waals surface area contributed by atoms with Crippen molar-refractivity contribution >= 4 is 23.4 Å². The summed E-state index contributed by atoms with van der Waals surface area (Å²) < 4.78 is 19.0. The molecule has 0 aliphatic rings. The van der Waals surface area contributed by atoms with Crippen LogP contribution in [-0.2, 0) is 11.2 Å². The lowest BCUT2D eigenvalue weighted by Crippen LogP contribution is -2.14. The number of nitrogens with one attached hydrogen (secondary N) is 1. The Morgan fingerprint density at radius 1 is 1.03 bits per heavy atom. The van der Waals surface area contributed by atoms with Crippen molar-refractivity contribution in [1.82, 2.24) is 4.98 Å². The van der Waals surface area contributed by atoms with Crippen LogP contribution in [0.5, 0.6) is 5.75 Å². The molecule has 3 aromatic carbocycles. The largest absolute Gasteiger partial charge is 0.508 e. The first-order valence-corrected chi connectivity index (χ1v) is 9.47. The Morgan fingerprint density at radius 2 is 1.77 bits per heavy atom. The summed E-state index contributed by atoms with van der Waals surface area (Å²) in [5.41, 5.74) is 2.21. The molecule has 0 aliphatic carbocycles. The molecule has 30 heavy (non-hydrogen) atoms. The standard InChI is InChI=1S/C23H16ClFN2O3/c24-17-9-6-14(7-10-17)21-23(30-22(27-21)15-4-2-1-3-5-15)26-20(29)12-16-8-11-18(25)13-19(16)28/h1-11,13,28H,12H2,(H,26,29). The molecule has 7 heteroatoms. The zero-order valence-electron chi connectivity index (χ0n) is 15.6. The van der Waals surface area contributed by atoms with E-state index in [1.807, 2.05) is 30.3 Å². The Kier molecular flexibility index (Phi) is 5.50. The number of amides is 1. The van der Waals surface area contributed by atoms with Gasteiger partial charge in [-0.15, -0.1) is 0 Å². The van der Waals surface area contributed by atoms with E-state index in [9.17, 15) is 14.3 Å². The quantitative estimate of drug-likeness (QED) is 0.433. The fourth-order valence-electron chi connectivity index (χ4n) is 2.94. The van der Waals surface area contributed by atoms with Gasteiger partial charge in [0.05, 0.1) is 6.42 Å². The second kappa shape index (κ2) is 8.39. The Labute approximate surface area is 176 Å². The minimum Gasteiger partial charge on any atom is -0.508 e. The molecule has 4 aromatic rings. The summed E-state index contributed by atoms with van der Waals surface area (Å²) in [5.74, 6) is -0.791. The molecule has 1 heterocycles. The number of aromatic hydroxyl groups is 1. The van der Waals surface area contributed by atoms with Crippen LogP contribution < -0.4 is 5.32 Å². The lowest BCUT2D eigenvalue weighted by atomic mass is 10.1. The molecule has 150 valence electrons. The first-order valence-electron chi connectivity index (χ1n) is 9.09. The number of phenolic OH excluding ortho intramolecular Hbond substituents is 1. The summed E-state index contributed by atoms with van der Waals surface area (Å²) in [6, 6.07) is 19.8. The van der Waals surface area contributed by atoms with Crippen molar-refractivity contribution in [3.05, 3.63) is 89.2 Å². The fraction of sp³-hybridized carbons (Fsp3) is 0.0435. The summed E-state index contributed by atoms with van der Waals surface area (Å²) in [6.07, 6.45) is -0.159. The molecule has 2 N–H and O–H groups in total. The third-order valence-electron chi connectivity index (χ3n) is 4.42. The van der Waals surface area contributed by atoms with Gasteiger partial charge in [0.1, 0.15) is 17.3 Å². The number of anilines is 1. The highest BCUT2D eigenvalue weighted by Gasteiger charge is 2.19. The maximum atomic E-state index is 13.2. The van der Waals surface area contributed by atoms with E-state index in [2.05, 4.69) is 10.3 Å². The van der Waals surface area contributed by atoms with Gasteiger partial charge in [0.2, 0.25) is 17.7 Å². The van der Waals surface area contributed by atoms with Crippen molar-refractivity contribution in [1.29, 1.82) is 0 Å². The Balaban J connectivity index is 1.66. The average molecular weight is 423 g/mol. The Bertz CT molecular complexity index is 1190. The van der Waals surface area contributed by atoms with Crippen molar-refractivity contribution in [3.63, 3.8) is 0 Å². The molecule has 1 aromatic heterocycles. The second-order valence-corrected chi connectivity index (χ2v) is 7.00. The number of rotatable bonds is 5. The van der Waals surface area contributed by atoms with E-state index in [1.165, 1.54) is 12.1 Å². The summed E-state index contributed by atoms with van der Waals surface area (Å²) in [5, 5.41) is 13.1. The number of halogens is 2. The van der Waals surface area contributed by atoms with Crippen LogP contribution in [0.2, 0.25) is 5.02 Å². The monoisotopic (exact) mass is 422 g/mol. The summed E-state index contributed by atoms with van der Waals surface area (Å²) in [6.45, 7) is 0. The van der Waals surface area contributed by atoms with Crippen molar-refractivity contribution in [2.75, 3.05) is 5.32 Å². The van der Waals surface area contributed by atoms with Gasteiger partial charge in [0, 0.05) is 27.8 Å². The molecule has 0 fully saturated rings. The van der Waals surface area contributed by atoms with E-state index >= 15 is 0 Å². The highest BCUT2D eigenvalue weighted by atomic mass is 35.5. The molecule has 5 nitrogen and oxygen atoms in total. The van der Waals surface area contributed by atoms with Gasteiger partial charge < -0.3 is 9.52 Å². The zero-order valence-corrected chi connectivity index (χ0v) is 16.4. The van der Waals surface area contributed by atoms with Crippen LogP contribution in [0, 0.1) is 5.82 Å². The molecule has 0 radical (unpaired) electrons. The maximum absolute atomic E-state index is 13.2. The lowest BCUT2D eigenvalue weighted by molar-refractivity contribution is -0.115. The van der Waals surface area contributed by atoms with E-state index in [1.54, 1.807) is 24.3 Å². The lowest BCUT2D eigenvalue weighted by Gasteiger charge is -2.06. The van der Waals surface area contributed by atoms with Crippen LogP contribution in [0.25, 0.3) is 22.7 Å². The average Bonchev–Trinajstić information content (AvgIpc) is 3.15. The number of benzene rings is 3. The van der Waals surface area contributed by atoms with E-state index in [0.29, 0.717) is 27.7 Å². The van der Waals surface area contributed by atoms with Crippen LogP contribution in [-0.4, -0.2) is 16.0 Å². The zero-order chi connectivity index (χ0) is 21.1. The fourth-order valence-corrected chi connectivity index (χ4v) is 3.07. The van der Waals surface area contributed by atoms with E-state index < -0.39 is 11.7 Å². The van der Waals surface area contributed by atoms with Crippen LogP contribution in [0.1, 0.15) is 5.56 Å².